The van der Waals surface area contributed by atoms with Crippen molar-refractivity contribution in [3.05, 3.63) is 53.8 Å². The highest BCUT2D eigenvalue weighted by Gasteiger charge is 2.24. The van der Waals surface area contributed by atoms with Crippen LogP contribution in [0.25, 0.3) is 0 Å². The van der Waals surface area contributed by atoms with E-state index in [1.54, 1.807) is 6.07 Å². The summed E-state index contributed by atoms with van der Waals surface area (Å²) < 4.78 is 40.5. The van der Waals surface area contributed by atoms with Crippen LogP contribution in [-0.2, 0) is 14.8 Å². The third-order valence-corrected chi connectivity index (χ3v) is 6.53. The number of hydrogen-bond donors (Lipinski definition) is 3. The fraction of sp³-hybridized carbons (Fsp3) is 0.364. The number of nitrogens with one attached hydrogen (secondary N) is 2. The molecule has 0 spiro atoms. The zero-order chi connectivity index (χ0) is 24.2. The molecule has 0 radical (unpaired) electrons. The zero-order valence-electron chi connectivity index (χ0n) is 18.4. The number of carbonyl (C=O) groups is 2. The van der Waals surface area contributed by atoms with Gasteiger partial charge in [-0.15, -0.1) is 0 Å². The maximum atomic E-state index is 13.1. The Morgan fingerprint density at radius 1 is 1.06 bits per heavy atom. The molecule has 1 aliphatic heterocycles. The summed E-state index contributed by atoms with van der Waals surface area (Å²) in [7, 11) is -4.01. The van der Waals surface area contributed by atoms with E-state index < -0.39 is 21.8 Å². The lowest BCUT2D eigenvalue weighted by Crippen LogP contribution is -2.50. The Bertz CT molecular complexity index is 1110. The number of piperazine rings is 1. The lowest BCUT2D eigenvalue weighted by atomic mass is 10.1. The van der Waals surface area contributed by atoms with Gasteiger partial charge >= 0.3 is 5.97 Å². The van der Waals surface area contributed by atoms with E-state index in [0.29, 0.717) is 31.9 Å². The van der Waals surface area contributed by atoms with E-state index in [4.69, 9.17) is 0 Å². The Balaban J connectivity index is 1.71. The van der Waals surface area contributed by atoms with Crippen LogP contribution in [0.1, 0.15) is 24.2 Å². The maximum absolute atomic E-state index is 13.1. The molecule has 1 fully saturated rings. The topological polar surface area (TPSA) is 119 Å². The van der Waals surface area contributed by atoms with E-state index in [1.807, 2.05) is 23.6 Å². The number of nitrogens with zero attached hydrogens (tertiary/aromatic N) is 2. The second-order valence-electron chi connectivity index (χ2n) is 8.08. The second-order valence-corrected chi connectivity index (χ2v) is 9.76. The number of rotatable bonds is 8. The number of carboxylic acids is 1. The number of aromatic carboxylic acids is 1. The molecule has 2 aromatic rings. The van der Waals surface area contributed by atoms with Crippen molar-refractivity contribution < 1.29 is 27.5 Å². The lowest BCUT2D eigenvalue weighted by Gasteiger charge is -2.36. The van der Waals surface area contributed by atoms with Gasteiger partial charge in [-0.05, 0) is 56.3 Å². The molecule has 0 aliphatic carbocycles. The van der Waals surface area contributed by atoms with Gasteiger partial charge < -0.3 is 15.3 Å². The van der Waals surface area contributed by atoms with Crippen LogP contribution in [0.2, 0.25) is 0 Å². The lowest BCUT2D eigenvalue weighted by molar-refractivity contribution is -0.122. The van der Waals surface area contributed by atoms with Gasteiger partial charge in [-0.2, -0.15) is 0 Å². The van der Waals surface area contributed by atoms with E-state index in [2.05, 4.69) is 10.0 Å². The predicted octanol–water partition coefficient (Wildman–Crippen LogP) is 1.97. The largest absolute Gasteiger partial charge is 0.478 e. The molecule has 1 saturated heterocycles. The summed E-state index contributed by atoms with van der Waals surface area (Å²) in [5.41, 5.74) is 0.517. The summed E-state index contributed by atoms with van der Waals surface area (Å²) in [6.45, 7) is 6.29. The van der Waals surface area contributed by atoms with Crippen LogP contribution in [0.5, 0.6) is 0 Å². The quantitative estimate of drug-likeness (QED) is 0.531. The average molecular weight is 479 g/mol. The Kier molecular flexibility index (Phi) is 7.54. The molecule has 1 heterocycles. The van der Waals surface area contributed by atoms with Gasteiger partial charge in [0.05, 0.1) is 22.7 Å². The van der Waals surface area contributed by atoms with Crippen LogP contribution in [-0.4, -0.2) is 69.1 Å². The van der Waals surface area contributed by atoms with E-state index >= 15 is 0 Å². The van der Waals surface area contributed by atoms with Gasteiger partial charge in [0, 0.05) is 37.9 Å². The Hall–Kier alpha value is -3.18. The molecule has 0 aromatic heterocycles. The van der Waals surface area contributed by atoms with Crippen LogP contribution >= 0.6 is 0 Å². The minimum absolute atomic E-state index is 0.0414. The van der Waals surface area contributed by atoms with Gasteiger partial charge in [0.1, 0.15) is 5.82 Å². The Morgan fingerprint density at radius 3 is 2.27 bits per heavy atom. The maximum Gasteiger partial charge on any atom is 0.337 e. The summed E-state index contributed by atoms with van der Waals surface area (Å²) in [5.74, 6) is -1.80. The summed E-state index contributed by atoms with van der Waals surface area (Å²) in [5, 5.41) is 12.6. The molecule has 11 heteroatoms. The summed E-state index contributed by atoms with van der Waals surface area (Å²) in [4.78, 5) is 27.6. The summed E-state index contributed by atoms with van der Waals surface area (Å²) in [6, 6.07) is 8.71. The number of benzene rings is 2. The molecular formula is C22H27FN4O5S. The van der Waals surface area contributed by atoms with Crippen LogP contribution in [0.4, 0.5) is 15.8 Å². The molecule has 0 saturated carbocycles. The first-order valence-corrected chi connectivity index (χ1v) is 12.0. The number of anilines is 2. The number of amides is 1. The Morgan fingerprint density at radius 2 is 1.70 bits per heavy atom. The number of carbonyl (C=O) groups excluding carboxylic acids is 1. The molecular weight excluding hydrogens is 451 g/mol. The molecule has 33 heavy (non-hydrogen) atoms. The first-order valence-electron chi connectivity index (χ1n) is 10.5. The number of hydrogen-bond acceptors (Lipinski definition) is 6. The second kappa shape index (κ2) is 10.2. The molecule has 1 amide bonds. The van der Waals surface area contributed by atoms with Gasteiger partial charge in [0.15, 0.2) is 0 Å². The molecule has 0 bridgehead atoms. The number of halogens is 1. The van der Waals surface area contributed by atoms with Crippen molar-refractivity contribution in [2.75, 3.05) is 42.3 Å². The van der Waals surface area contributed by atoms with Crippen molar-refractivity contribution in [3.8, 4) is 0 Å². The van der Waals surface area contributed by atoms with E-state index in [1.165, 1.54) is 12.1 Å². The highest BCUT2D eigenvalue weighted by atomic mass is 32.2. The molecule has 2 aromatic carbocycles. The van der Waals surface area contributed by atoms with Crippen molar-refractivity contribution in [2.24, 2.45) is 0 Å². The van der Waals surface area contributed by atoms with Gasteiger partial charge in [0.2, 0.25) is 5.91 Å². The average Bonchev–Trinajstić information content (AvgIpc) is 2.74. The fourth-order valence-corrected chi connectivity index (χ4v) is 4.64. The molecule has 178 valence electrons. The van der Waals surface area contributed by atoms with Crippen molar-refractivity contribution in [1.29, 1.82) is 0 Å². The van der Waals surface area contributed by atoms with Crippen molar-refractivity contribution in [2.45, 2.75) is 24.8 Å². The summed E-state index contributed by atoms with van der Waals surface area (Å²) >= 11 is 0. The summed E-state index contributed by atoms with van der Waals surface area (Å²) in [6.07, 6.45) is 0. The van der Waals surface area contributed by atoms with Crippen molar-refractivity contribution in [3.63, 3.8) is 0 Å². The minimum Gasteiger partial charge on any atom is -0.478 e. The molecule has 1 aliphatic rings. The highest BCUT2D eigenvalue weighted by Crippen LogP contribution is 2.27. The van der Waals surface area contributed by atoms with Crippen LogP contribution in [0.15, 0.2) is 47.4 Å². The molecule has 0 atom stereocenters. The molecule has 3 N–H and O–H groups in total. The molecule has 9 nitrogen and oxygen atoms in total. The first-order chi connectivity index (χ1) is 15.5. The zero-order valence-corrected chi connectivity index (χ0v) is 19.2. The van der Waals surface area contributed by atoms with Crippen molar-refractivity contribution in [1.82, 2.24) is 10.2 Å². The van der Waals surface area contributed by atoms with Gasteiger partial charge in [0.25, 0.3) is 10.0 Å². The smallest absolute Gasteiger partial charge is 0.337 e. The van der Waals surface area contributed by atoms with Crippen LogP contribution in [0.3, 0.4) is 0 Å². The van der Waals surface area contributed by atoms with E-state index in [9.17, 15) is 27.5 Å². The predicted molar refractivity (Wildman–Crippen MR) is 123 cm³/mol. The monoisotopic (exact) mass is 478 g/mol. The van der Waals surface area contributed by atoms with Crippen molar-refractivity contribution >= 4 is 33.3 Å². The third-order valence-electron chi connectivity index (χ3n) is 5.13. The van der Waals surface area contributed by atoms with Crippen LogP contribution < -0.4 is 14.9 Å². The van der Waals surface area contributed by atoms with Gasteiger partial charge in [-0.3, -0.25) is 14.4 Å². The standard InChI is InChI=1S/C22H27FN4O5S/c1-15(2)24-21(28)14-26-9-11-27(12-10-26)20-8-5-17(13-19(20)22(29)30)25-33(31,32)18-6-3-16(23)4-7-18/h3-8,13,15,25H,9-12,14H2,1-2H3,(H,24,28)(H,29,30). The normalized spacial score (nSPS) is 14.8. The van der Waals surface area contributed by atoms with Gasteiger partial charge in [-0.1, -0.05) is 0 Å². The van der Waals surface area contributed by atoms with Crippen LogP contribution in [0, 0.1) is 5.82 Å². The molecule has 3 rings (SSSR count). The highest BCUT2D eigenvalue weighted by molar-refractivity contribution is 7.92. The third kappa shape index (κ3) is 6.42. The SMILES string of the molecule is CC(C)NC(=O)CN1CCN(c2ccc(NS(=O)(=O)c3ccc(F)cc3)cc2C(=O)O)CC1. The Labute approximate surface area is 192 Å². The number of carboxylic acid groups (broad SMARTS) is 1. The first kappa shape index (κ1) is 24.5. The minimum atomic E-state index is -4.01. The van der Waals surface area contributed by atoms with E-state index in [-0.39, 0.29) is 34.6 Å². The van der Waals surface area contributed by atoms with E-state index in [0.717, 1.165) is 24.3 Å². The van der Waals surface area contributed by atoms with Gasteiger partial charge in [-0.25, -0.2) is 17.6 Å². The fourth-order valence-electron chi connectivity index (χ4n) is 3.59. The number of sulfonamides is 1. The molecule has 0 unspecified atom stereocenters.